The van der Waals surface area contributed by atoms with Crippen LogP contribution in [0.5, 0.6) is 5.75 Å². The number of hydrogen-bond donors (Lipinski definition) is 1. The first-order valence-electron chi connectivity index (χ1n) is 8.49. The first kappa shape index (κ1) is 16.3. The van der Waals surface area contributed by atoms with Gasteiger partial charge in [-0.2, -0.15) is 0 Å². The predicted molar refractivity (Wildman–Crippen MR) is 88.9 cm³/mol. The van der Waals surface area contributed by atoms with Crippen LogP contribution in [-0.2, 0) is 0 Å². The van der Waals surface area contributed by atoms with Crippen LogP contribution in [0, 0.1) is 0 Å². The lowest BCUT2D eigenvalue weighted by molar-refractivity contribution is 0.282. The molecule has 0 amide bonds. The standard InChI is InChI=1S/C18H30N2O/c1-4-19-18(13-14-20(5-2)6-3)15-7-9-16(10-8-15)21-17-11-12-17/h7-10,17-19H,4-6,11-14H2,1-3H3. The molecule has 1 fully saturated rings. The average molecular weight is 290 g/mol. The number of rotatable bonds is 10. The number of ether oxygens (including phenoxy) is 1. The maximum absolute atomic E-state index is 5.82. The third-order valence-corrected chi connectivity index (χ3v) is 4.19. The van der Waals surface area contributed by atoms with Crippen LogP contribution < -0.4 is 10.1 Å². The van der Waals surface area contributed by atoms with Gasteiger partial charge in [-0.3, -0.25) is 0 Å². The van der Waals surface area contributed by atoms with Gasteiger partial charge in [0, 0.05) is 6.04 Å². The minimum Gasteiger partial charge on any atom is -0.490 e. The van der Waals surface area contributed by atoms with Crippen LogP contribution >= 0.6 is 0 Å². The molecule has 2 rings (SSSR count). The van der Waals surface area contributed by atoms with Crippen molar-refractivity contribution in [3.63, 3.8) is 0 Å². The van der Waals surface area contributed by atoms with Crippen LogP contribution in [0.15, 0.2) is 24.3 Å². The van der Waals surface area contributed by atoms with Crippen molar-refractivity contribution in [1.29, 1.82) is 0 Å². The summed E-state index contributed by atoms with van der Waals surface area (Å²) in [6.07, 6.45) is 4.05. The SMILES string of the molecule is CCNC(CCN(CC)CC)c1ccc(OC2CC2)cc1. The van der Waals surface area contributed by atoms with Crippen molar-refractivity contribution in [3.8, 4) is 5.75 Å². The molecule has 3 heteroatoms. The normalized spacial score (nSPS) is 16.2. The molecule has 0 spiro atoms. The maximum Gasteiger partial charge on any atom is 0.119 e. The minimum atomic E-state index is 0.436. The second kappa shape index (κ2) is 8.40. The molecule has 3 nitrogen and oxygen atoms in total. The summed E-state index contributed by atoms with van der Waals surface area (Å²) in [5.41, 5.74) is 1.37. The molecular formula is C18H30N2O. The summed E-state index contributed by atoms with van der Waals surface area (Å²) in [5.74, 6) is 1.01. The fourth-order valence-corrected chi connectivity index (χ4v) is 2.64. The van der Waals surface area contributed by atoms with Gasteiger partial charge >= 0.3 is 0 Å². The van der Waals surface area contributed by atoms with E-state index in [4.69, 9.17) is 4.74 Å². The van der Waals surface area contributed by atoms with Crippen LogP contribution in [-0.4, -0.2) is 37.2 Å². The summed E-state index contributed by atoms with van der Waals surface area (Å²) in [4.78, 5) is 2.48. The topological polar surface area (TPSA) is 24.5 Å². The summed E-state index contributed by atoms with van der Waals surface area (Å²) < 4.78 is 5.82. The van der Waals surface area contributed by atoms with Crippen LogP contribution in [0.3, 0.4) is 0 Å². The average Bonchev–Trinajstić information content (AvgIpc) is 3.32. The molecule has 118 valence electrons. The molecule has 0 aliphatic heterocycles. The zero-order chi connectivity index (χ0) is 15.1. The Kier molecular flexibility index (Phi) is 6.52. The first-order valence-corrected chi connectivity index (χ1v) is 8.49. The highest BCUT2D eigenvalue weighted by Crippen LogP contribution is 2.28. The fourth-order valence-electron chi connectivity index (χ4n) is 2.64. The summed E-state index contributed by atoms with van der Waals surface area (Å²) >= 11 is 0. The monoisotopic (exact) mass is 290 g/mol. The van der Waals surface area contributed by atoms with Crippen LogP contribution in [0.25, 0.3) is 0 Å². The van der Waals surface area contributed by atoms with E-state index in [0.29, 0.717) is 12.1 Å². The Hall–Kier alpha value is -1.06. The van der Waals surface area contributed by atoms with Gasteiger partial charge in [0.05, 0.1) is 6.10 Å². The Labute approximate surface area is 129 Å². The van der Waals surface area contributed by atoms with Crippen molar-refractivity contribution in [2.24, 2.45) is 0 Å². The highest BCUT2D eigenvalue weighted by molar-refractivity contribution is 5.29. The van der Waals surface area contributed by atoms with Crippen molar-refractivity contribution in [1.82, 2.24) is 10.2 Å². The Morgan fingerprint density at radius 1 is 1.14 bits per heavy atom. The molecule has 0 aromatic heterocycles. The summed E-state index contributed by atoms with van der Waals surface area (Å²) in [7, 11) is 0. The van der Waals surface area contributed by atoms with E-state index in [2.05, 4.69) is 55.3 Å². The van der Waals surface area contributed by atoms with E-state index >= 15 is 0 Å². The van der Waals surface area contributed by atoms with Crippen molar-refractivity contribution >= 4 is 0 Å². The lowest BCUT2D eigenvalue weighted by atomic mass is 10.0. The zero-order valence-corrected chi connectivity index (χ0v) is 13.8. The molecule has 21 heavy (non-hydrogen) atoms. The Morgan fingerprint density at radius 3 is 2.33 bits per heavy atom. The zero-order valence-electron chi connectivity index (χ0n) is 13.8. The lowest BCUT2D eigenvalue weighted by Crippen LogP contribution is -2.29. The van der Waals surface area contributed by atoms with Gasteiger partial charge in [0.15, 0.2) is 0 Å². The van der Waals surface area contributed by atoms with E-state index in [9.17, 15) is 0 Å². The third-order valence-electron chi connectivity index (χ3n) is 4.19. The molecule has 1 aromatic rings. The molecule has 1 aliphatic rings. The van der Waals surface area contributed by atoms with E-state index in [1.807, 2.05) is 0 Å². The van der Waals surface area contributed by atoms with Gasteiger partial charge in [-0.05, 0) is 63.1 Å². The largest absolute Gasteiger partial charge is 0.490 e. The second-order valence-electron chi connectivity index (χ2n) is 5.81. The number of benzene rings is 1. The van der Waals surface area contributed by atoms with Gasteiger partial charge in [-0.15, -0.1) is 0 Å². The maximum atomic E-state index is 5.82. The van der Waals surface area contributed by atoms with E-state index < -0.39 is 0 Å². The molecule has 0 bridgehead atoms. The molecule has 1 atom stereocenters. The van der Waals surface area contributed by atoms with E-state index in [1.165, 1.54) is 18.4 Å². The smallest absolute Gasteiger partial charge is 0.119 e. The van der Waals surface area contributed by atoms with Crippen LogP contribution in [0.4, 0.5) is 0 Å². The van der Waals surface area contributed by atoms with Crippen molar-refractivity contribution < 1.29 is 4.74 Å². The van der Waals surface area contributed by atoms with Crippen molar-refractivity contribution in [3.05, 3.63) is 29.8 Å². The Bertz CT molecular complexity index is 396. The molecule has 0 radical (unpaired) electrons. The second-order valence-corrected chi connectivity index (χ2v) is 5.81. The third kappa shape index (κ3) is 5.33. The van der Waals surface area contributed by atoms with Crippen molar-refractivity contribution in [2.75, 3.05) is 26.2 Å². The molecule has 1 aromatic carbocycles. The molecule has 0 heterocycles. The number of nitrogens with zero attached hydrogens (tertiary/aromatic N) is 1. The van der Waals surface area contributed by atoms with Gasteiger partial charge in [0.2, 0.25) is 0 Å². The highest BCUT2D eigenvalue weighted by Gasteiger charge is 2.23. The van der Waals surface area contributed by atoms with Crippen molar-refractivity contribution in [2.45, 2.75) is 52.2 Å². The molecular weight excluding hydrogens is 260 g/mol. The summed E-state index contributed by atoms with van der Waals surface area (Å²) in [6, 6.07) is 9.11. The molecule has 1 saturated carbocycles. The quantitative estimate of drug-likeness (QED) is 0.712. The first-order chi connectivity index (χ1) is 10.3. The predicted octanol–water partition coefficient (Wildman–Crippen LogP) is 3.61. The van der Waals surface area contributed by atoms with Gasteiger partial charge in [-0.1, -0.05) is 32.9 Å². The van der Waals surface area contributed by atoms with Crippen LogP contribution in [0.1, 0.15) is 51.6 Å². The summed E-state index contributed by atoms with van der Waals surface area (Å²) in [6.45, 7) is 11.0. The van der Waals surface area contributed by atoms with Gasteiger partial charge in [0.25, 0.3) is 0 Å². The van der Waals surface area contributed by atoms with E-state index in [-0.39, 0.29) is 0 Å². The molecule has 0 saturated heterocycles. The van der Waals surface area contributed by atoms with E-state index in [1.54, 1.807) is 0 Å². The minimum absolute atomic E-state index is 0.436. The molecule has 1 N–H and O–H groups in total. The summed E-state index contributed by atoms with van der Waals surface area (Å²) in [5, 5.41) is 3.61. The van der Waals surface area contributed by atoms with Crippen LogP contribution in [0.2, 0.25) is 0 Å². The molecule has 1 aliphatic carbocycles. The highest BCUT2D eigenvalue weighted by atomic mass is 16.5. The van der Waals surface area contributed by atoms with E-state index in [0.717, 1.165) is 38.3 Å². The Morgan fingerprint density at radius 2 is 1.81 bits per heavy atom. The Balaban J connectivity index is 1.92. The number of hydrogen-bond acceptors (Lipinski definition) is 3. The van der Waals surface area contributed by atoms with Gasteiger partial charge in [-0.25, -0.2) is 0 Å². The van der Waals surface area contributed by atoms with Gasteiger partial charge in [0.1, 0.15) is 5.75 Å². The number of nitrogens with one attached hydrogen (secondary N) is 1. The molecule has 1 unspecified atom stereocenters. The lowest BCUT2D eigenvalue weighted by Gasteiger charge is -2.24. The fraction of sp³-hybridized carbons (Fsp3) is 0.667. The van der Waals surface area contributed by atoms with Gasteiger partial charge < -0.3 is 15.0 Å².